The van der Waals surface area contributed by atoms with Crippen molar-refractivity contribution in [3.8, 4) is 0 Å². The van der Waals surface area contributed by atoms with Crippen molar-refractivity contribution in [3.63, 3.8) is 0 Å². The number of alkyl halides is 2. The Bertz CT molecular complexity index is 1080. The number of ether oxygens (including phenoxy) is 1. The average Bonchev–Trinajstić information content (AvgIpc) is 3.34. The first kappa shape index (κ1) is 31.5. The van der Waals surface area contributed by atoms with Crippen LogP contribution >= 0.6 is 12.4 Å². The maximum atomic E-state index is 13.7. The third kappa shape index (κ3) is 6.29. The van der Waals surface area contributed by atoms with Crippen LogP contribution in [-0.4, -0.2) is 89.1 Å². The van der Waals surface area contributed by atoms with Crippen LogP contribution in [0.2, 0.25) is 0 Å². The highest BCUT2D eigenvalue weighted by Gasteiger charge is 2.58. The van der Waals surface area contributed by atoms with E-state index >= 15 is 0 Å². The number of carbonyl (C=O) groups is 2. The molecule has 1 aliphatic carbocycles. The van der Waals surface area contributed by atoms with Gasteiger partial charge in [0.1, 0.15) is 0 Å². The number of carbonyl (C=O) groups excluding carboxylic acids is 2. The Labute approximate surface area is 255 Å². The van der Waals surface area contributed by atoms with Crippen LogP contribution in [0.1, 0.15) is 83.2 Å². The van der Waals surface area contributed by atoms with E-state index in [0.717, 1.165) is 83.4 Å². The second kappa shape index (κ2) is 12.6. The lowest BCUT2D eigenvalue weighted by atomic mass is 9.80. The Morgan fingerprint density at radius 1 is 1.02 bits per heavy atom. The molecule has 1 aromatic rings. The van der Waals surface area contributed by atoms with Crippen molar-refractivity contribution in [3.05, 3.63) is 35.9 Å². The highest BCUT2D eigenvalue weighted by atomic mass is 35.5. The fourth-order valence-corrected chi connectivity index (χ4v) is 8.53. The number of fused-ring (bicyclic) bond motifs is 2. The summed E-state index contributed by atoms with van der Waals surface area (Å²) >= 11 is 0. The van der Waals surface area contributed by atoms with Crippen molar-refractivity contribution >= 4 is 24.3 Å². The number of halogens is 3. The van der Waals surface area contributed by atoms with E-state index in [1.54, 1.807) is 0 Å². The lowest BCUT2D eigenvalue weighted by molar-refractivity contribution is -0.151. The van der Waals surface area contributed by atoms with Crippen LogP contribution in [0.15, 0.2) is 30.3 Å². The lowest BCUT2D eigenvalue weighted by Gasteiger charge is -2.49. The van der Waals surface area contributed by atoms with Crippen molar-refractivity contribution < 1.29 is 23.1 Å². The van der Waals surface area contributed by atoms with Crippen molar-refractivity contribution in [1.29, 1.82) is 0 Å². The zero-order valence-corrected chi connectivity index (χ0v) is 25.8. The van der Waals surface area contributed by atoms with E-state index in [4.69, 9.17) is 4.74 Å². The smallest absolute Gasteiger partial charge is 0.320 e. The number of rotatable bonds is 9. The van der Waals surface area contributed by atoms with Crippen LogP contribution in [0, 0.1) is 11.8 Å². The molecular formula is C32H47ClF2N4O3. The maximum Gasteiger partial charge on any atom is 0.320 e. The normalized spacial score (nSPS) is 30.5. The van der Waals surface area contributed by atoms with Gasteiger partial charge in [-0.1, -0.05) is 30.3 Å². The van der Waals surface area contributed by atoms with Gasteiger partial charge in [-0.05, 0) is 70.3 Å². The molecule has 0 aromatic heterocycles. The third-order valence-electron chi connectivity index (χ3n) is 10.5. The van der Waals surface area contributed by atoms with E-state index < -0.39 is 11.8 Å². The van der Waals surface area contributed by atoms with E-state index in [1.165, 1.54) is 0 Å². The number of nitrogens with zero attached hydrogens (tertiary/aromatic N) is 3. The van der Waals surface area contributed by atoms with Gasteiger partial charge >= 0.3 is 6.03 Å². The summed E-state index contributed by atoms with van der Waals surface area (Å²) in [4.78, 5) is 33.5. The molecule has 1 aromatic carbocycles. The van der Waals surface area contributed by atoms with Crippen molar-refractivity contribution in [2.75, 3.05) is 32.8 Å². The zero-order valence-electron chi connectivity index (χ0n) is 25.0. The Morgan fingerprint density at radius 3 is 2.26 bits per heavy atom. The molecule has 1 saturated carbocycles. The molecule has 3 atom stereocenters. The SMILES string of the molecule is CC(C)N1C(=O)N(CC2CCOCC2)CC12CC1CCC(C2)N1CC[C@H](NC(=O)C1CC(F)(F)C1)c1ccccc1.Cl. The molecule has 5 fully saturated rings. The van der Waals surface area contributed by atoms with Gasteiger partial charge in [0.15, 0.2) is 0 Å². The molecule has 2 unspecified atom stereocenters. The molecule has 3 amide bonds. The first-order valence-corrected chi connectivity index (χ1v) is 15.8. The molecule has 234 valence electrons. The standard InChI is InChI=1S/C32H46F2N4O3.ClH/c1-22(2)38-30(40)36(20-23-11-14-41-15-12-23)21-31(38)18-26-8-9-27(19-31)37(26)13-10-28(24-6-4-3-5-7-24)35-29(39)25-16-32(33,34)17-25;/h3-7,22-23,25-28H,8-21H2,1-2H3,(H,35,39);1H/t26?,27?,28-,31?;/m0./s1. The number of piperidine rings is 1. The molecule has 1 spiro atoms. The minimum absolute atomic E-state index is 0. The largest absolute Gasteiger partial charge is 0.381 e. The minimum Gasteiger partial charge on any atom is -0.381 e. The highest BCUT2D eigenvalue weighted by Crippen LogP contribution is 2.48. The topological polar surface area (TPSA) is 65.1 Å². The summed E-state index contributed by atoms with van der Waals surface area (Å²) in [6.45, 7) is 8.38. The van der Waals surface area contributed by atoms with Gasteiger partial charge in [0.2, 0.25) is 11.8 Å². The van der Waals surface area contributed by atoms with Gasteiger partial charge in [0, 0.05) is 69.7 Å². The van der Waals surface area contributed by atoms with Crippen LogP contribution in [0.3, 0.4) is 0 Å². The van der Waals surface area contributed by atoms with E-state index in [0.29, 0.717) is 18.0 Å². The molecule has 7 nitrogen and oxygen atoms in total. The van der Waals surface area contributed by atoms with Gasteiger partial charge in [-0.2, -0.15) is 0 Å². The van der Waals surface area contributed by atoms with E-state index in [2.05, 4.69) is 33.9 Å². The molecule has 6 rings (SSSR count). The number of urea groups is 1. The number of hydrogen-bond acceptors (Lipinski definition) is 4. The lowest BCUT2D eigenvalue weighted by Crippen LogP contribution is -2.60. The molecule has 4 aliphatic heterocycles. The van der Waals surface area contributed by atoms with Crippen LogP contribution in [-0.2, 0) is 9.53 Å². The van der Waals surface area contributed by atoms with Crippen molar-refractivity contribution in [2.45, 2.75) is 107 Å². The second-order valence-electron chi connectivity index (χ2n) is 13.7. The quantitative estimate of drug-likeness (QED) is 0.394. The average molecular weight is 609 g/mol. The molecule has 2 bridgehead atoms. The monoisotopic (exact) mass is 608 g/mol. The number of hydrogen-bond donors (Lipinski definition) is 1. The summed E-state index contributed by atoms with van der Waals surface area (Å²) in [5, 5.41) is 3.12. The summed E-state index contributed by atoms with van der Waals surface area (Å²) in [6, 6.07) is 10.9. The summed E-state index contributed by atoms with van der Waals surface area (Å²) < 4.78 is 32.4. The molecule has 10 heteroatoms. The Morgan fingerprint density at radius 2 is 1.67 bits per heavy atom. The van der Waals surface area contributed by atoms with E-state index in [9.17, 15) is 18.4 Å². The number of nitrogens with one attached hydrogen (secondary N) is 1. The predicted octanol–water partition coefficient (Wildman–Crippen LogP) is 5.64. The second-order valence-corrected chi connectivity index (χ2v) is 13.7. The van der Waals surface area contributed by atoms with Gasteiger partial charge in [-0.15, -0.1) is 12.4 Å². The molecule has 4 heterocycles. The third-order valence-corrected chi connectivity index (χ3v) is 10.5. The number of amides is 3. The summed E-state index contributed by atoms with van der Waals surface area (Å²) in [7, 11) is 0. The van der Waals surface area contributed by atoms with Crippen molar-refractivity contribution in [2.24, 2.45) is 11.8 Å². The molecule has 4 saturated heterocycles. The molecule has 0 radical (unpaired) electrons. The summed E-state index contributed by atoms with van der Waals surface area (Å²) in [5.74, 6) is -3.05. The van der Waals surface area contributed by atoms with Crippen LogP contribution in [0.5, 0.6) is 0 Å². The first-order chi connectivity index (χ1) is 19.6. The number of benzene rings is 1. The van der Waals surface area contributed by atoms with Crippen LogP contribution in [0.4, 0.5) is 13.6 Å². The van der Waals surface area contributed by atoms with Gasteiger partial charge in [-0.25, -0.2) is 13.6 Å². The highest BCUT2D eigenvalue weighted by molar-refractivity contribution is 5.85. The van der Waals surface area contributed by atoms with Crippen molar-refractivity contribution in [1.82, 2.24) is 20.0 Å². The Kier molecular flexibility index (Phi) is 9.41. The maximum absolute atomic E-state index is 13.7. The molecule has 42 heavy (non-hydrogen) atoms. The summed E-state index contributed by atoms with van der Waals surface area (Å²) in [5.41, 5.74) is 0.894. The van der Waals surface area contributed by atoms with Gasteiger partial charge < -0.3 is 19.9 Å². The predicted molar refractivity (Wildman–Crippen MR) is 160 cm³/mol. The Hall–Kier alpha value is -1.97. The van der Waals surface area contributed by atoms with E-state index in [1.807, 2.05) is 30.3 Å². The fourth-order valence-electron chi connectivity index (χ4n) is 8.53. The first-order valence-electron chi connectivity index (χ1n) is 15.8. The molecule has 1 N–H and O–H groups in total. The van der Waals surface area contributed by atoms with Gasteiger partial charge in [0.05, 0.1) is 11.6 Å². The zero-order chi connectivity index (χ0) is 28.8. The summed E-state index contributed by atoms with van der Waals surface area (Å²) in [6.07, 6.45) is 6.32. The van der Waals surface area contributed by atoms with Gasteiger partial charge in [-0.3, -0.25) is 9.69 Å². The molecule has 5 aliphatic rings. The fraction of sp³-hybridized carbons (Fsp3) is 0.750. The van der Waals surface area contributed by atoms with E-state index in [-0.39, 0.29) is 54.8 Å². The van der Waals surface area contributed by atoms with Gasteiger partial charge in [0.25, 0.3) is 0 Å². The van der Waals surface area contributed by atoms with Crippen LogP contribution < -0.4 is 5.32 Å². The minimum atomic E-state index is -2.71. The Balaban J connectivity index is 0.00000353. The van der Waals surface area contributed by atoms with Crippen LogP contribution in [0.25, 0.3) is 0 Å². The molecular weight excluding hydrogens is 562 g/mol.